The Bertz CT molecular complexity index is 297. The molecule has 1 unspecified atom stereocenters. The van der Waals surface area contributed by atoms with E-state index in [1.54, 1.807) is 6.29 Å². The standard InChI is InChI=1S/C9H7F2O/c1-6(5-12)8-3-2-7(10)4-9(8)11/h2-4,6H,1H3. The monoisotopic (exact) mass is 169 g/mol. The summed E-state index contributed by atoms with van der Waals surface area (Å²) in [4.78, 5) is 10.2. The van der Waals surface area contributed by atoms with Crippen molar-refractivity contribution in [1.29, 1.82) is 0 Å². The highest BCUT2D eigenvalue weighted by atomic mass is 19.1. The third-order valence-corrected chi connectivity index (χ3v) is 1.61. The van der Waals surface area contributed by atoms with E-state index in [1.165, 1.54) is 13.0 Å². The van der Waals surface area contributed by atoms with Crippen LogP contribution in [0.4, 0.5) is 8.78 Å². The van der Waals surface area contributed by atoms with Gasteiger partial charge in [0.05, 0.1) is 5.92 Å². The van der Waals surface area contributed by atoms with Gasteiger partial charge in [0, 0.05) is 6.07 Å². The maximum absolute atomic E-state index is 12.9. The first-order valence-corrected chi connectivity index (χ1v) is 3.47. The maximum atomic E-state index is 12.9. The first-order valence-electron chi connectivity index (χ1n) is 3.47. The minimum absolute atomic E-state index is 0.173. The van der Waals surface area contributed by atoms with Crippen molar-refractivity contribution in [3.63, 3.8) is 0 Å². The Hall–Kier alpha value is -1.25. The minimum atomic E-state index is -0.703. The molecule has 1 atom stereocenters. The van der Waals surface area contributed by atoms with Crippen LogP contribution in [0.1, 0.15) is 18.4 Å². The highest BCUT2D eigenvalue weighted by Gasteiger charge is 2.10. The smallest absolute Gasteiger partial charge is 0.206 e. The van der Waals surface area contributed by atoms with Crippen LogP contribution in [0.3, 0.4) is 0 Å². The van der Waals surface area contributed by atoms with Gasteiger partial charge in [-0.3, -0.25) is 4.79 Å². The van der Waals surface area contributed by atoms with Crippen LogP contribution in [0.15, 0.2) is 18.2 Å². The Labute approximate surface area is 69.0 Å². The van der Waals surface area contributed by atoms with Gasteiger partial charge in [0.15, 0.2) is 0 Å². The largest absolute Gasteiger partial charge is 0.290 e. The number of benzene rings is 1. The summed E-state index contributed by atoms with van der Waals surface area (Å²) in [5, 5.41) is 0. The zero-order valence-corrected chi connectivity index (χ0v) is 6.47. The van der Waals surface area contributed by atoms with E-state index < -0.39 is 17.6 Å². The second-order valence-electron chi connectivity index (χ2n) is 2.51. The minimum Gasteiger partial charge on any atom is -0.290 e. The molecule has 1 aromatic carbocycles. The van der Waals surface area contributed by atoms with Crippen molar-refractivity contribution in [3.8, 4) is 0 Å². The fraction of sp³-hybridized carbons (Fsp3) is 0.222. The molecule has 0 heterocycles. The number of carbonyl (C=O) groups excluding carboxylic acids is 1. The van der Waals surface area contributed by atoms with Crippen molar-refractivity contribution in [2.45, 2.75) is 12.8 Å². The van der Waals surface area contributed by atoms with Gasteiger partial charge in [-0.2, -0.15) is 0 Å². The molecule has 0 bridgehead atoms. The molecule has 1 nitrogen and oxygen atoms in total. The molecule has 3 heteroatoms. The molecule has 0 saturated heterocycles. The van der Waals surface area contributed by atoms with Gasteiger partial charge in [0.25, 0.3) is 0 Å². The Morgan fingerprint density at radius 2 is 2.08 bits per heavy atom. The quantitative estimate of drug-likeness (QED) is 0.663. The summed E-state index contributed by atoms with van der Waals surface area (Å²) in [5.74, 6) is -1.99. The molecule has 0 saturated carbocycles. The van der Waals surface area contributed by atoms with Crippen LogP contribution in [0.5, 0.6) is 0 Å². The Morgan fingerprint density at radius 3 is 2.58 bits per heavy atom. The summed E-state index contributed by atoms with van der Waals surface area (Å²) in [6, 6.07) is 3.12. The van der Waals surface area contributed by atoms with E-state index >= 15 is 0 Å². The topological polar surface area (TPSA) is 17.1 Å². The number of halogens is 2. The van der Waals surface area contributed by atoms with Crippen molar-refractivity contribution in [2.24, 2.45) is 0 Å². The third-order valence-electron chi connectivity index (χ3n) is 1.61. The van der Waals surface area contributed by atoms with Crippen molar-refractivity contribution < 1.29 is 13.6 Å². The molecule has 0 aliphatic heterocycles. The normalized spacial score (nSPS) is 12.6. The van der Waals surface area contributed by atoms with Crippen LogP contribution in [0, 0.1) is 11.6 Å². The molecular weight excluding hydrogens is 162 g/mol. The molecule has 0 aromatic heterocycles. The average molecular weight is 169 g/mol. The first-order chi connectivity index (χ1) is 5.65. The predicted octanol–water partition coefficient (Wildman–Crippen LogP) is 2.18. The molecule has 1 rings (SSSR count). The molecule has 1 radical (unpaired) electrons. The summed E-state index contributed by atoms with van der Waals surface area (Å²) >= 11 is 0. The van der Waals surface area contributed by atoms with Gasteiger partial charge in [-0.25, -0.2) is 8.78 Å². The van der Waals surface area contributed by atoms with Gasteiger partial charge < -0.3 is 0 Å². The highest BCUT2D eigenvalue weighted by Crippen LogP contribution is 2.17. The fourth-order valence-corrected chi connectivity index (χ4v) is 0.916. The SMILES string of the molecule is CC([C]=O)c1ccc(F)cc1F. The van der Waals surface area contributed by atoms with Gasteiger partial charge in [-0.1, -0.05) is 13.0 Å². The Morgan fingerprint density at radius 1 is 1.42 bits per heavy atom. The van der Waals surface area contributed by atoms with E-state index in [0.717, 1.165) is 12.1 Å². The number of rotatable bonds is 2. The number of hydrogen-bond acceptors (Lipinski definition) is 1. The lowest BCUT2D eigenvalue weighted by Gasteiger charge is -2.03. The molecule has 0 spiro atoms. The van der Waals surface area contributed by atoms with E-state index in [1.807, 2.05) is 0 Å². The summed E-state index contributed by atoms with van der Waals surface area (Å²) in [5.41, 5.74) is 0.173. The fourth-order valence-electron chi connectivity index (χ4n) is 0.916. The maximum Gasteiger partial charge on any atom is 0.206 e. The lowest BCUT2D eigenvalue weighted by Crippen LogP contribution is -1.98. The summed E-state index contributed by atoms with van der Waals surface area (Å²) in [6.45, 7) is 1.50. The molecular formula is C9H7F2O. The third kappa shape index (κ3) is 1.67. The molecule has 0 fully saturated rings. The van der Waals surface area contributed by atoms with Crippen LogP contribution >= 0.6 is 0 Å². The zero-order valence-electron chi connectivity index (χ0n) is 6.47. The predicted molar refractivity (Wildman–Crippen MR) is 40.5 cm³/mol. The molecule has 12 heavy (non-hydrogen) atoms. The van der Waals surface area contributed by atoms with E-state index in [-0.39, 0.29) is 5.56 Å². The van der Waals surface area contributed by atoms with E-state index in [2.05, 4.69) is 0 Å². The van der Waals surface area contributed by atoms with Gasteiger partial charge in [0.2, 0.25) is 6.29 Å². The van der Waals surface area contributed by atoms with Gasteiger partial charge >= 0.3 is 0 Å². The first kappa shape index (κ1) is 8.84. The van der Waals surface area contributed by atoms with E-state index in [4.69, 9.17) is 0 Å². The molecule has 1 aromatic rings. The van der Waals surface area contributed by atoms with Crippen molar-refractivity contribution >= 4 is 6.29 Å². The van der Waals surface area contributed by atoms with E-state index in [0.29, 0.717) is 0 Å². The summed E-state index contributed by atoms with van der Waals surface area (Å²) in [7, 11) is 0. The molecule has 0 aliphatic carbocycles. The second-order valence-corrected chi connectivity index (χ2v) is 2.51. The molecule has 0 N–H and O–H groups in total. The second kappa shape index (κ2) is 3.43. The molecule has 63 valence electrons. The van der Waals surface area contributed by atoms with Crippen LogP contribution in [-0.4, -0.2) is 6.29 Å². The van der Waals surface area contributed by atoms with Crippen LogP contribution in [0.25, 0.3) is 0 Å². The van der Waals surface area contributed by atoms with Gasteiger partial charge in [0.1, 0.15) is 11.6 Å². The lowest BCUT2D eigenvalue weighted by molar-refractivity contribution is 0.536. The van der Waals surface area contributed by atoms with Gasteiger partial charge in [-0.05, 0) is 11.6 Å². The zero-order chi connectivity index (χ0) is 9.14. The van der Waals surface area contributed by atoms with Crippen LogP contribution < -0.4 is 0 Å². The van der Waals surface area contributed by atoms with Crippen molar-refractivity contribution in [3.05, 3.63) is 35.4 Å². The molecule has 0 aliphatic rings. The van der Waals surface area contributed by atoms with Crippen LogP contribution in [0.2, 0.25) is 0 Å². The van der Waals surface area contributed by atoms with Crippen LogP contribution in [-0.2, 0) is 4.79 Å². The van der Waals surface area contributed by atoms with E-state index in [9.17, 15) is 13.6 Å². The lowest BCUT2D eigenvalue weighted by atomic mass is 10.0. The average Bonchev–Trinajstić information content (AvgIpc) is 2.03. The Balaban J connectivity index is 3.09. The molecule has 0 amide bonds. The van der Waals surface area contributed by atoms with Crippen molar-refractivity contribution in [2.75, 3.05) is 0 Å². The summed E-state index contributed by atoms with van der Waals surface area (Å²) in [6.07, 6.45) is 1.63. The summed E-state index contributed by atoms with van der Waals surface area (Å²) < 4.78 is 25.2. The highest BCUT2D eigenvalue weighted by molar-refractivity contribution is 5.62. The van der Waals surface area contributed by atoms with Crippen molar-refractivity contribution in [1.82, 2.24) is 0 Å². The number of hydrogen-bond donors (Lipinski definition) is 0. The Kier molecular flexibility index (Phi) is 2.53. The van der Waals surface area contributed by atoms with Gasteiger partial charge in [-0.15, -0.1) is 0 Å².